The molecule has 5 nitrogen and oxygen atoms in total. The topological polar surface area (TPSA) is 66.5 Å². The van der Waals surface area contributed by atoms with Crippen LogP contribution in [-0.2, 0) is 19.4 Å². The van der Waals surface area contributed by atoms with Crippen molar-refractivity contribution in [3.8, 4) is 0 Å². The Hall–Kier alpha value is -1.19. The molecule has 2 aromatic heterocycles. The predicted octanol–water partition coefficient (Wildman–Crippen LogP) is 2.27. The molecule has 2 aromatic rings. The van der Waals surface area contributed by atoms with Gasteiger partial charge < -0.3 is 11.1 Å². The fourth-order valence-electron chi connectivity index (χ4n) is 2.73. The van der Waals surface area contributed by atoms with Crippen molar-refractivity contribution in [1.82, 2.24) is 15.2 Å². The van der Waals surface area contributed by atoms with E-state index in [4.69, 9.17) is 5.73 Å². The van der Waals surface area contributed by atoms with Crippen molar-refractivity contribution < 1.29 is 0 Å². The van der Waals surface area contributed by atoms with Crippen LogP contribution in [0.25, 0.3) is 0 Å². The highest BCUT2D eigenvalue weighted by molar-refractivity contribution is 14.0. The summed E-state index contributed by atoms with van der Waals surface area (Å²) in [4.78, 5) is 12.7. The van der Waals surface area contributed by atoms with Crippen LogP contribution in [0, 0.1) is 0 Å². The molecular formula is C17H24IN5S. The summed E-state index contributed by atoms with van der Waals surface area (Å²) in [5.74, 6) is 0.522. The largest absolute Gasteiger partial charge is 0.370 e. The van der Waals surface area contributed by atoms with Gasteiger partial charge in [-0.1, -0.05) is 6.07 Å². The number of aromatic nitrogens is 1. The number of nitrogens with two attached hydrogens (primary N) is 1. The number of hydrogen-bond donors (Lipinski definition) is 2. The molecule has 1 aliphatic heterocycles. The summed E-state index contributed by atoms with van der Waals surface area (Å²) >= 11 is 1.87. The number of aliphatic imine (C=N–C) groups is 1. The van der Waals surface area contributed by atoms with E-state index in [-0.39, 0.29) is 24.0 Å². The van der Waals surface area contributed by atoms with Gasteiger partial charge >= 0.3 is 0 Å². The Morgan fingerprint density at radius 2 is 2.29 bits per heavy atom. The molecule has 3 N–H and O–H groups in total. The van der Waals surface area contributed by atoms with E-state index in [1.54, 1.807) is 4.88 Å². The van der Waals surface area contributed by atoms with Crippen molar-refractivity contribution in [1.29, 1.82) is 0 Å². The summed E-state index contributed by atoms with van der Waals surface area (Å²) in [5, 5.41) is 5.34. The number of nitrogens with zero attached hydrogens (tertiary/aromatic N) is 3. The lowest BCUT2D eigenvalue weighted by Crippen LogP contribution is -2.35. The zero-order chi connectivity index (χ0) is 15.9. The Labute approximate surface area is 164 Å². The summed E-state index contributed by atoms with van der Waals surface area (Å²) in [7, 11) is 0. The molecule has 1 aliphatic rings. The molecule has 3 rings (SSSR count). The molecule has 0 amide bonds. The van der Waals surface area contributed by atoms with Gasteiger partial charge in [0.05, 0.1) is 6.54 Å². The first-order chi connectivity index (χ1) is 11.3. The normalized spacial score (nSPS) is 14.8. The highest BCUT2D eigenvalue weighted by Crippen LogP contribution is 2.23. The standard InChI is InChI=1S/C17H23N5S.HI/c18-17(20-8-4-15-3-1-2-7-19-15)21-9-11-22-10-5-16-14(13-22)6-12-23-16;/h1-3,6-7,12H,4-5,8-11,13H2,(H3,18,20,21);1H. The molecule has 0 saturated heterocycles. The molecule has 0 aromatic carbocycles. The lowest BCUT2D eigenvalue weighted by Gasteiger charge is -2.26. The Balaban J connectivity index is 0.00000208. The predicted molar refractivity (Wildman–Crippen MR) is 111 cm³/mol. The molecule has 0 fully saturated rings. The average Bonchev–Trinajstić information content (AvgIpc) is 3.03. The van der Waals surface area contributed by atoms with Gasteiger partial charge in [0.25, 0.3) is 0 Å². The van der Waals surface area contributed by atoms with Crippen molar-refractivity contribution in [3.63, 3.8) is 0 Å². The third-order valence-corrected chi connectivity index (χ3v) is 5.02. The van der Waals surface area contributed by atoms with Gasteiger partial charge in [0, 0.05) is 49.4 Å². The van der Waals surface area contributed by atoms with E-state index in [0.29, 0.717) is 5.96 Å². The average molecular weight is 457 g/mol. The SMILES string of the molecule is I.NC(=NCCN1CCc2sccc2C1)NCCc1ccccn1. The van der Waals surface area contributed by atoms with E-state index < -0.39 is 0 Å². The van der Waals surface area contributed by atoms with Crippen LogP contribution < -0.4 is 11.1 Å². The maximum absolute atomic E-state index is 5.92. The van der Waals surface area contributed by atoms with Crippen LogP contribution in [0.1, 0.15) is 16.1 Å². The molecule has 0 spiro atoms. The van der Waals surface area contributed by atoms with Crippen LogP contribution >= 0.6 is 35.3 Å². The summed E-state index contributed by atoms with van der Waals surface area (Å²) < 4.78 is 0. The minimum absolute atomic E-state index is 0. The first-order valence-electron chi connectivity index (χ1n) is 8.02. The highest BCUT2D eigenvalue weighted by atomic mass is 127. The van der Waals surface area contributed by atoms with Crippen LogP contribution in [0.5, 0.6) is 0 Å². The zero-order valence-corrected chi connectivity index (χ0v) is 16.8. The number of thiophene rings is 1. The lowest BCUT2D eigenvalue weighted by atomic mass is 10.1. The van der Waals surface area contributed by atoms with Gasteiger partial charge in [-0.3, -0.25) is 14.9 Å². The minimum Gasteiger partial charge on any atom is -0.370 e. The monoisotopic (exact) mass is 457 g/mol. The van der Waals surface area contributed by atoms with E-state index in [1.165, 1.54) is 5.56 Å². The van der Waals surface area contributed by atoms with Crippen LogP contribution in [-0.4, -0.2) is 42.0 Å². The number of guanidine groups is 1. The van der Waals surface area contributed by atoms with Crippen LogP contribution in [0.15, 0.2) is 40.8 Å². The first-order valence-corrected chi connectivity index (χ1v) is 8.90. The van der Waals surface area contributed by atoms with Crippen molar-refractivity contribution in [2.24, 2.45) is 10.7 Å². The van der Waals surface area contributed by atoms with E-state index in [2.05, 4.69) is 31.6 Å². The molecule has 0 radical (unpaired) electrons. The van der Waals surface area contributed by atoms with Gasteiger partial charge in [-0.2, -0.15) is 0 Å². The fourth-order valence-corrected chi connectivity index (χ4v) is 3.62. The van der Waals surface area contributed by atoms with Crippen molar-refractivity contribution in [2.75, 3.05) is 26.2 Å². The van der Waals surface area contributed by atoms with Gasteiger partial charge in [0.1, 0.15) is 0 Å². The first kappa shape index (κ1) is 19.1. The summed E-state index contributed by atoms with van der Waals surface area (Å²) in [6.07, 6.45) is 3.82. The maximum atomic E-state index is 5.92. The Bertz CT molecular complexity index is 643. The lowest BCUT2D eigenvalue weighted by molar-refractivity contribution is 0.263. The molecule has 130 valence electrons. The van der Waals surface area contributed by atoms with Gasteiger partial charge in [-0.25, -0.2) is 0 Å². The number of halogens is 1. The third-order valence-electron chi connectivity index (χ3n) is 4.00. The number of nitrogens with one attached hydrogen (secondary N) is 1. The summed E-state index contributed by atoms with van der Waals surface area (Å²) in [5.41, 5.74) is 8.46. The second-order valence-electron chi connectivity index (χ2n) is 5.66. The second-order valence-corrected chi connectivity index (χ2v) is 6.66. The third kappa shape index (κ3) is 5.71. The van der Waals surface area contributed by atoms with Crippen molar-refractivity contribution in [2.45, 2.75) is 19.4 Å². The number of hydrogen-bond acceptors (Lipinski definition) is 4. The van der Waals surface area contributed by atoms with Crippen molar-refractivity contribution >= 4 is 41.3 Å². The quantitative estimate of drug-likeness (QED) is 0.397. The minimum atomic E-state index is 0. The van der Waals surface area contributed by atoms with Crippen molar-refractivity contribution in [3.05, 3.63) is 52.0 Å². The second kappa shape index (κ2) is 9.95. The molecule has 0 atom stereocenters. The van der Waals surface area contributed by atoms with E-state index >= 15 is 0 Å². The van der Waals surface area contributed by atoms with Gasteiger partial charge in [-0.15, -0.1) is 35.3 Å². The molecule has 0 saturated carbocycles. The molecule has 0 bridgehead atoms. The smallest absolute Gasteiger partial charge is 0.188 e. The Morgan fingerprint density at radius 3 is 3.12 bits per heavy atom. The number of pyridine rings is 1. The van der Waals surface area contributed by atoms with Crippen LogP contribution in [0.2, 0.25) is 0 Å². The number of rotatable bonds is 6. The summed E-state index contributed by atoms with van der Waals surface area (Å²) in [6, 6.07) is 8.18. The molecule has 7 heteroatoms. The van der Waals surface area contributed by atoms with Crippen LogP contribution in [0.3, 0.4) is 0 Å². The fraction of sp³-hybridized carbons (Fsp3) is 0.412. The van der Waals surface area contributed by atoms with Crippen LogP contribution in [0.4, 0.5) is 0 Å². The van der Waals surface area contributed by atoms with Gasteiger partial charge in [0.15, 0.2) is 5.96 Å². The Kier molecular flexibility index (Phi) is 7.93. The molecule has 24 heavy (non-hydrogen) atoms. The van der Waals surface area contributed by atoms with Gasteiger partial charge in [0.2, 0.25) is 0 Å². The zero-order valence-electron chi connectivity index (χ0n) is 13.6. The molecule has 3 heterocycles. The van der Waals surface area contributed by atoms with Gasteiger partial charge in [-0.05, 0) is 35.6 Å². The van der Waals surface area contributed by atoms with E-state index in [0.717, 1.165) is 51.3 Å². The molecule has 0 unspecified atom stereocenters. The number of fused-ring (bicyclic) bond motifs is 1. The van der Waals surface area contributed by atoms with E-state index in [1.807, 2.05) is 35.7 Å². The summed E-state index contributed by atoms with van der Waals surface area (Å²) in [6.45, 7) is 4.62. The molecule has 0 aliphatic carbocycles. The maximum Gasteiger partial charge on any atom is 0.188 e. The highest BCUT2D eigenvalue weighted by Gasteiger charge is 2.16. The van der Waals surface area contributed by atoms with E-state index in [9.17, 15) is 0 Å². The molecular weight excluding hydrogens is 433 g/mol. The Morgan fingerprint density at radius 1 is 1.38 bits per heavy atom.